The Kier molecular flexibility index (Phi) is 9.46. The molecule has 0 radical (unpaired) electrons. The number of nitrogens with zero attached hydrogens (tertiary/aromatic N) is 4. The highest BCUT2D eigenvalue weighted by molar-refractivity contribution is 5.92. The van der Waals surface area contributed by atoms with Gasteiger partial charge in [-0.25, -0.2) is 15.0 Å². The van der Waals surface area contributed by atoms with Crippen molar-refractivity contribution >= 4 is 10.8 Å². The van der Waals surface area contributed by atoms with Gasteiger partial charge in [0.05, 0.1) is 11.6 Å². The van der Waals surface area contributed by atoms with Crippen LogP contribution in [0.2, 0.25) is 0 Å². The fourth-order valence-electron chi connectivity index (χ4n) is 10.5. The van der Waals surface area contributed by atoms with E-state index in [1.165, 1.54) is 37.7 Å². The van der Waals surface area contributed by atoms with Gasteiger partial charge < -0.3 is 0 Å². The van der Waals surface area contributed by atoms with Crippen LogP contribution >= 0.6 is 0 Å². The van der Waals surface area contributed by atoms with Crippen molar-refractivity contribution in [2.24, 2.45) is 17.8 Å². The molecule has 4 heteroatoms. The van der Waals surface area contributed by atoms with Crippen LogP contribution < -0.4 is 0 Å². The average Bonchev–Trinajstić information content (AvgIpc) is 3.28. The SMILES string of the molecule is C[C@@H]1C[C@@H]2C[C@H](C)CC(c3ccc(-c4nc(-c5cccc(-c6ccc7c(C#N)cccc7c6)c5)nc(-c5cc(-c6ccccc6)cc(-c6ccccc6)c5)n4)cc3)(C1)C2. The van der Waals surface area contributed by atoms with Crippen molar-refractivity contribution in [1.82, 2.24) is 15.0 Å². The van der Waals surface area contributed by atoms with Gasteiger partial charge in [-0.15, -0.1) is 0 Å². The van der Waals surface area contributed by atoms with Crippen molar-refractivity contribution < 1.29 is 0 Å². The summed E-state index contributed by atoms with van der Waals surface area (Å²) in [7, 11) is 0. The fraction of sp³-hybridized carbons (Fsp3) is 0.200. The molecule has 1 heterocycles. The van der Waals surface area contributed by atoms with Crippen molar-refractivity contribution in [3.05, 3.63) is 175 Å². The third kappa shape index (κ3) is 7.23. The number of rotatable bonds is 7. The van der Waals surface area contributed by atoms with Gasteiger partial charge in [-0.3, -0.25) is 0 Å². The van der Waals surface area contributed by atoms with Crippen LogP contribution in [0, 0.1) is 29.1 Å². The number of benzene rings is 7. The van der Waals surface area contributed by atoms with Crippen LogP contribution in [-0.2, 0) is 5.41 Å². The maximum absolute atomic E-state index is 9.70. The molecule has 1 aromatic heterocycles. The van der Waals surface area contributed by atoms with Crippen LogP contribution in [0.5, 0.6) is 0 Å². The summed E-state index contributed by atoms with van der Waals surface area (Å²) in [6.07, 6.45) is 6.56. The molecule has 2 saturated carbocycles. The number of hydrogen-bond donors (Lipinski definition) is 0. The molecule has 1 unspecified atom stereocenters. The van der Waals surface area contributed by atoms with Crippen LogP contribution in [0.1, 0.15) is 57.1 Å². The Hall–Kier alpha value is -6.70. The second-order valence-electron chi connectivity index (χ2n) is 17.3. The summed E-state index contributed by atoms with van der Waals surface area (Å²) in [5, 5.41) is 11.7. The lowest BCUT2D eigenvalue weighted by atomic mass is 9.54. The molecule has 2 aliphatic carbocycles. The minimum absolute atomic E-state index is 0.249. The lowest BCUT2D eigenvalue weighted by Crippen LogP contribution is -2.42. The lowest BCUT2D eigenvalue weighted by molar-refractivity contribution is 0.0780. The van der Waals surface area contributed by atoms with Crippen molar-refractivity contribution in [1.29, 1.82) is 5.26 Å². The molecular formula is C55H46N4. The molecular weight excluding hydrogens is 717 g/mol. The molecule has 8 aromatic rings. The molecule has 0 N–H and O–H groups in total. The van der Waals surface area contributed by atoms with Gasteiger partial charge in [0.25, 0.3) is 0 Å². The van der Waals surface area contributed by atoms with Crippen molar-refractivity contribution in [2.45, 2.75) is 51.4 Å². The smallest absolute Gasteiger partial charge is 0.164 e. The molecule has 0 spiro atoms. The highest BCUT2D eigenvalue weighted by Crippen LogP contribution is 2.54. The molecule has 4 atom stereocenters. The summed E-state index contributed by atoms with van der Waals surface area (Å²) in [6.45, 7) is 4.91. The third-order valence-corrected chi connectivity index (χ3v) is 12.9. The lowest BCUT2D eigenvalue weighted by Gasteiger charge is -2.50. The van der Waals surface area contributed by atoms with E-state index in [4.69, 9.17) is 15.0 Å². The minimum Gasteiger partial charge on any atom is -0.208 e. The topological polar surface area (TPSA) is 62.5 Å². The second kappa shape index (κ2) is 15.2. The van der Waals surface area contributed by atoms with Crippen LogP contribution in [-0.4, -0.2) is 15.0 Å². The van der Waals surface area contributed by atoms with Gasteiger partial charge in [0.1, 0.15) is 0 Å². The number of nitriles is 1. The van der Waals surface area contributed by atoms with Gasteiger partial charge in [0.15, 0.2) is 17.5 Å². The summed E-state index contributed by atoms with van der Waals surface area (Å²) in [4.78, 5) is 15.8. The highest BCUT2D eigenvalue weighted by Gasteiger charge is 2.45. The van der Waals surface area contributed by atoms with Crippen molar-refractivity contribution in [3.63, 3.8) is 0 Å². The first-order valence-electron chi connectivity index (χ1n) is 21.1. The molecule has 7 aromatic carbocycles. The molecule has 0 amide bonds. The molecule has 2 bridgehead atoms. The Bertz CT molecular complexity index is 2780. The summed E-state index contributed by atoms with van der Waals surface area (Å²) in [5.41, 5.74) is 11.8. The Balaban J connectivity index is 1.11. The number of hydrogen-bond acceptors (Lipinski definition) is 4. The highest BCUT2D eigenvalue weighted by atomic mass is 15.0. The molecule has 59 heavy (non-hydrogen) atoms. The summed E-state index contributed by atoms with van der Waals surface area (Å²) in [5.74, 6) is 4.24. The zero-order valence-corrected chi connectivity index (χ0v) is 33.6. The van der Waals surface area contributed by atoms with E-state index in [1.54, 1.807) is 0 Å². The van der Waals surface area contributed by atoms with E-state index < -0.39 is 0 Å². The van der Waals surface area contributed by atoms with Crippen molar-refractivity contribution in [2.75, 3.05) is 0 Å². The maximum Gasteiger partial charge on any atom is 0.164 e. The molecule has 2 aliphatic rings. The number of aromatic nitrogens is 3. The quantitative estimate of drug-likeness (QED) is 0.162. The molecule has 0 saturated heterocycles. The Morgan fingerprint density at radius 3 is 1.61 bits per heavy atom. The Labute approximate surface area is 347 Å². The standard InChI is InChI=1S/C55H46N4/c1-36-25-38-26-37(2)33-55(32-36,34-38)50-22-19-41(20-23-50)52-57-53(45-17-9-15-42(28-45)43-21-24-51-44(27-43)16-10-18-46(51)35-56)59-54(58-52)49-30-47(39-11-5-3-6-12-39)29-48(31-49)40-13-7-4-8-14-40/h3-24,27-31,36-38H,25-26,32-34H2,1-2H3/t36-,37+,38-,55?. The largest absolute Gasteiger partial charge is 0.208 e. The molecule has 2 fully saturated rings. The molecule has 4 nitrogen and oxygen atoms in total. The van der Waals surface area contributed by atoms with Crippen LogP contribution in [0.4, 0.5) is 0 Å². The van der Waals surface area contributed by atoms with E-state index >= 15 is 0 Å². The van der Waals surface area contributed by atoms with Crippen LogP contribution in [0.3, 0.4) is 0 Å². The minimum atomic E-state index is 0.249. The summed E-state index contributed by atoms with van der Waals surface area (Å²) < 4.78 is 0. The summed E-state index contributed by atoms with van der Waals surface area (Å²) in [6, 6.07) is 59.9. The molecule has 286 valence electrons. The van der Waals surface area contributed by atoms with E-state index in [-0.39, 0.29) is 5.41 Å². The normalized spacial score (nSPS) is 19.9. The van der Waals surface area contributed by atoms with Crippen LogP contribution in [0.15, 0.2) is 164 Å². The van der Waals surface area contributed by atoms with Gasteiger partial charge in [0.2, 0.25) is 0 Å². The van der Waals surface area contributed by atoms with Crippen molar-refractivity contribution in [3.8, 4) is 73.6 Å². The van der Waals surface area contributed by atoms with Crippen LogP contribution in [0.25, 0.3) is 78.3 Å². The van der Waals surface area contributed by atoms with Gasteiger partial charge in [-0.05, 0) is 141 Å². The van der Waals surface area contributed by atoms with E-state index in [2.05, 4.69) is 166 Å². The van der Waals surface area contributed by atoms with Gasteiger partial charge >= 0.3 is 0 Å². The average molecular weight is 763 g/mol. The first kappa shape index (κ1) is 36.6. The zero-order chi connectivity index (χ0) is 39.9. The first-order chi connectivity index (χ1) is 28.9. The summed E-state index contributed by atoms with van der Waals surface area (Å²) >= 11 is 0. The van der Waals surface area contributed by atoms with Gasteiger partial charge in [-0.2, -0.15) is 5.26 Å². The molecule has 0 aliphatic heterocycles. The number of fused-ring (bicyclic) bond motifs is 3. The van der Waals surface area contributed by atoms with E-state index in [0.717, 1.165) is 78.6 Å². The van der Waals surface area contributed by atoms with E-state index in [1.807, 2.05) is 18.2 Å². The zero-order valence-electron chi connectivity index (χ0n) is 33.6. The third-order valence-electron chi connectivity index (χ3n) is 12.9. The Morgan fingerprint density at radius 1 is 0.458 bits per heavy atom. The predicted octanol–water partition coefficient (Wildman–Crippen LogP) is 14.0. The van der Waals surface area contributed by atoms with E-state index in [9.17, 15) is 5.26 Å². The first-order valence-corrected chi connectivity index (χ1v) is 21.1. The Morgan fingerprint density at radius 2 is 0.966 bits per heavy atom. The van der Waals surface area contributed by atoms with E-state index in [0.29, 0.717) is 23.0 Å². The molecule has 10 rings (SSSR count). The van der Waals surface area contributed by atoms with Gasteiger partial charge in [-0.1, -0.05) is 141 Å². The van der Waals surface area contributed by atoms with Gasteiger partial charge in [0, 0.05) is 16.7 Å². The fourth-order valence-corrected chi connectivity index (χ4v) is 10.5. The maximum atomic E-state index is 9.70. The predicted molar refractivity (Wildman–Crippen MR) is 241 cm³/mol. The monoisotopic (exact) mass is 762 g/mol. The second-order valence-corrected chi connectivity index (χ2v) is 17.3.